The minimum Gasteiger partial charge on any atom is -0.481 e. The summed E-state index contributed by atoms with van der Waals surface area (Å²) in [6.45, 7) is 1.97. The molecule has 1 aromatic rings. The molecule has 3 N–H and O–H groups in total. The van der Waals surface area contributed by atoms with E-state index in [2.05, 4.69) is 0 Å². The monoisotopic (exact) mass is 223 g/mol. The van der Waals surface area contributed by atoms with Gasteiger partial charge >= 0.3 is 0 Å². The van der Waals surface area contributed by atoms with Crippen LogP contribution in [-0.4, -0.2) is 23.7 Å². The van der Waals surface area contributed by atoms with E-state index in [4.69, 9.17) is 15.6 Å². The van der Waals surface area contributed by atoms with Gasteiger partial charge in [-0.2, -0.15) is 0 Å². The van der Waals surface area contributed by atoms with Gasteiger partial charge in [0, 0.05) is 6.61 Å². The minimum atomic E-state index is -0.580. The molecule has 1 atom stereocenters. The molecule has 0 saturated heterocycles. The van der Waals surface area contributed by atoms with Crippen molar-refractivity contribution in [3.05, 3.63) is 29.8 Å². The fourth-order valence-electron chi connectivity index (χ4n) is 1.37. The molecule has 1 rings (SSSR count). The lowest BCUT2D eigenvalue weighted by Gasteiger charge is -2.14. The Balaban J connectivity index is 2.63. The predicted octanol–water partition coefficient (Wildman–Crippen LogP) is 0.864. The van der Waals surface area contributed by atoms with Crippen molar-refractivity contribution in [1.29, 1.82) is 0 Å². The maximum Gasteiger partial charge on any atom is 0.258 e. The van der Waals surface area contributed by atoms with Crippen LogP contribution in [-0.2, 0) is 11.2 Å². The van der Waals surface area contributed by atoms with Crippen molar-refractivity contribution in [3.8, 4) is 5.75 Å². The largest absolute Gasteiger partial charge is 0.481 e. The molecule has 4 nitrogen and oxygen atoms in total. The summed E-state index contributed by atoms with van der Waals surface area (Å²) in [7, 11) is 0. The highest BCUT2D eigenvalue weighted by Crippen LogP contribution is 2.15. The zero-order valence-corrected chi connectivity index (χ0v) is 9.35. The van der Waals surface area contributed by atoms with E-state index < -0.39 is 12.0 Å². The molecular formula is C12H17NO3. The van der Waals surface area contributed by atoms with Crippen LogP contribution in [0.3, 0.4) is 0 Å². The maximum absolute atomic E-state index is 11.0. The van der Waals surface area contributed by atoms with Gasteiger partial charge in [-0.1, -0.05) is 19.1 Å². The van der Waals surface area contributed by atoms with Crippen molar-refractivity contribution < 1.29 is 14.6 Å². The average Bonchev–Trinajstić information content (AvgIpc) is 2.28. The number of primary amides is 1. The van der Waals surface area contributed by atoms with Crippen LogP contribution in [0.1, 0.15) is 18.9 Å². The second-order valence-corrected chi connectivity index (χ2v) is 3.53. The van der Waals surface area contributed by atoms with Gasteiger partial charge in [0.2, 0.25) is 0 Å². The number of benzene rings is 1. The highest BCUT2D eigenvalue weighted by molar-refractivity contribution is 5.79. The molecule has 0 aliphatic rings. The van der Waals surface area contributed by atoms with Gasteiger partial charge in [-0.05, 0) is 30.5 Å². The summed E-state index contributed by atoms with van der Waals surface area (Å²) in [5.41, 5.74) is 6.21. The first-order valence-corrected chi connectivity index (χ1v) is 5.33. The molecule has 0 aromatic heterocycles. The van der Waals surface area contributed by atoms with Crippen molar-refractivity contribution in [1.82, 2.24) is 0 Å². The van der Waals surface area contributed by atoms with Gasteiger partial charge < -0.3 is 15.6 Å². The molecule has 1 amide bonds. The van der Waals surface area contributed by atoms with E-state index >= 15 is 0 Å². The van der Waals surface area contributed by atoms with Gasteiger partial charge in [-0.15, -0.1) is 0 Å². The van der Waals surface area contributed by atoms with E-state index in [1.54, 1.807) is 12.1 Å². The third-order valence-corrected chi connectivity index (χ3v) is 2.29. The number of rotatable bonds is 6. The van der Waals surface area contributed by atoms with Gasteiger partial charge in [0.1, 0.15) is 5.75 Å². The normalized spacial score (nSPS) is 12.1. The SMILES string of the molecule is CCC(Oc1ccc(CCO)cc1)C(N)=O. The molecule has 88 valence electrons. The van der Waals surface area contributed by atoms with Crippen molar-refractivity contribution in [2.75, 3.05) is 6.61 Å². The zero-order valence-electron chi connectivity index (χ0n) is 9.35. The van der Waals surface area contributed by atoms with Crippen molar-refractivity contribution in [2.24, 2.45) is 5.73 Å². The van der Waals surface area contributed by atoms with Gasteiger partial charge in [-0.25, -0.2) is 0 Å². The third-order valence-electron chi connectivity index (χ3n) is 2.29. The van der Waals surface area contributed by atoms with E-state index in [0.29, 0.717) is 18.6 Å². The first-order chi connectivity index (χ1) is 7.67. The summed E-state index contributed by atoms with van der Waals surface area (Å²) in [5, 5.41) is 8.75. The van der Waals surface area contributed by atoms with Crippen LogP contribution in [0.2, 0.25) is 0 Å². The lowest BCUT2D eigenvalue weighted by atomic mass is 10.1. The molecule has 0 spiro atoms. The Kier molecular flexibility index (Phi) is 4.79. The quantitative estimate of drug-likeness (QED) is 0.751. The molecule has 16 heavy (non-hydrogen) atoms. The van der Waals surface area contributed by atoms with Crippen LogP contribution in [0, 0.1) is 0 Å². The number of ether oxygens (including phenoxy) is 1. The molecule has 0 aliphatic heterocycles. The van der Waals surface area contributed by atoms with E-state index in [1.165, 1.54) is 0 Å². The number of hydrogen-bond acceptors (Lipinski definition) is 3. The zero-order chi connectivity index (χ0) is 12.0. The summed E-state index contributed by atoms with van der Waals surface area (Å²) in [6.07, 6.45) is 0.588. The van der Waals surface area contributed by atoms with Crippen LogP contribution in [0.4, 0.5) is 0 Å². The van der Waals surface area contributed by atoms with Gasteiger partial charge in [0.25, 0.3) is 5.91 Å². The maximum atomic E-state index is 11.0. The van der Waals surface area contributed by atoms with E-state index in [0.717, 1.165) is 5.56 Å². The van der Waals surface area contributed by atoms with Crippen LogP contribution >= 0.6 is 0 Å². The molecular weight excluding hydrogens is 206 g/mol. The second kappa shape index (κ2) is 6.12. The number of aliphatic hydroxyl groups is 1. The Morgan fingerprint density at radius 3 is 2.50 bits per heavy atom. The fraction of sp³-hybridized carbons (Fsp3) is 0.417. The minimum absolute atomic E-state index is 0.124. The number of aliphatic hydroxyl groups excluding tert-OH is 1. The highest BCUT2D eigenvalue weighted by Gasteiger charge is 2.14. The summed E-state index contributed by atoms with van der Waals surface area (Å²) >= 11 is 0. The Hall–Kier alpha value is -1.55. The van der Waals surface area contributed by atoms with Crippen LogP contribution in [0.5, 0.6) is 5.75 Å². The lowest BCUT2D eigenvalue weighted by Crippen LogP contribution is -2.32. The molecule has 0 saturated carbocycles. The second-order valence-electron chi connectivity index (χ2n) is 3.53. The average molecular weight is 223 g/mol. The number of amides is 1. The molecule has 0 heterocycles. The number of nitrogens with two attached hydrogens (primary N) is 1. The van der Waals surface area contributed by atoms with Crippen molar-refractivity contribution in [2.45, 2.75) is 25.9 Å². The molecule has 0 fully saturated rings. The Morgan fingerprint density at radius 2 is 2.06 bits per heavy atom. The molecule has 0 aliphatic carbocycles. The van der Waals surface area contributed by atoms with Gasteiger partial charge in [0.05, 0.1) is 0 Å². The number of carbonyl (C=O) groups excluding carboxylic acids is 1. The van der Waals surface area contributed by atoms with Crippen molar-refractivity contribution in [3.63, 3.8) is 0 Å². The summed E-state index contributed by atoms with van der Waals surface area (Å²) < 4.78 is 5.42. The van der Waals surface area contributed by atoms with Gasteiger partial charge in [-0.3, -0.25) is 4.79 Å². The van der Waals surface area contributed by atoms with E-state index in [9.17, 15) is 4.79 Å². The Bertz CT molecular complexity index is 335. The molecule has 4 heteroatoms. The predicted molar refractivity (Wildman–Crippen MR) is 61.1 cm³/mol. The van der Waals surface area contributed by atoms with Gasteiger partial charge in [0.15, 0.2) is 6.10 Å². The smallest absolute Gasteiger partial charge is 0.258 e. The topological polar surface area (TPSA) is 72.6 Å². The summed E-state index contributed by atoms with van der Waals surface area (Å²) in [5.74, 6) is 0.161. The molecule has 0 bridgehead atoms. The van der Waals surface area contributed by atoms with Crippen molar-refractivity contribution >= 4 is 5.91 Å². The highest BCUT2D eigenvalue weighted by atomic mass is 16.5. The third kappa shape index (κ3) is 3.55. The fourth-order valence-corrected chi connectivity index (χ4v) is 1.37. The lowest BCUT2D eigenvalue weighted by molar-refractivity contribution is -0.124. The van der Waals surface area contributed by atoms with Crippen LogP contribution in [0.15, 0.2) is 24.3 Å². The first kappa shape index (κ1) is 12.5. The number of carbonyl (C=O) groups is 1. The first-order valence-electron chi connectivity index (χ1n) is 5.33. The molecule has 0 radical (unpaired) electrons. The van der Waals surface area contributed by atoms with E-state index in [-0.39, 0.29) is 6.61 Å². The Morgan fingerprint density at radius 1 is 1.44 bits per heavy atom. The van der Waals surface area contributed by atoms with Crippen LogP contribution < -0.4 is 10.5 Å². The standard InChI is InChI=1S/C12H17NO3/c1-2-11(12(13)15)16-10-5-3-9(4-6-10)7-8-14/h3-6,11,14H,2,7-8H2,1H3,(H2,13,15). The molecule has 1 aromatic carbocycles. The molecule has 1 unspecified atom stereocenters. The summed E-state index contributed by atoms with van der Waals surface area (Å²) in [6, 6.07) is 7.27. The Labute approximate surface area is 95.0 Å². The summed E-state index contributed by atoms with van der Waals surface area (Å²) in [4.78, 5) is 11.0. The van der Waals surface area contributed by atoms with E-state index in [1.807, 2.05) is 19.1 Å². The van der Waals surface area contributed by atoms with Crippen LogP contribution in [0.25, 0.3) is 0 Å². The number of hydrogen-bond donors (Lipinski definition) is 2.